The maximum Gasteiger partial charge on any atom is 0.123 e. The van der Waals surface area contributed by atoms with Crippen molar-refractivity contribution in [2.24, 2.45) is 0 Å². The van der Waals surface area contributed by atoms with E-state index in [0.717, 1.165) is 5.56 Å². The quantitative estimate of drug-likeness (QED) is 0.543. The molecule has 1 radical (unpaired) electrons. The molecular formula is C13H19O2. The van der Waals surface area contributed by atoms with Gasteiger partial charge in [-0.3, -0.25) is 0 Å². The van der Waals surface area contributed by atoms with Crippen LogP contribution in [0.4, 0.5) is 0 Å². The van der Waals surface area contributed by atoms with E-state index in [2.05, 4.69) is 0 Å². The normalized spacial score (nSPS) is 12.1. The van der Waals surface area contributed by atoms with Gasteiger partial charge >= 0.3 is 0 Å². The minimum atomic E-state index is -0.406. The summed E-state index contributed by atoms with van der Waals surface area (Å²) in [6, 6.07) is 10.1. The summed E-state index contributed by atoms with van der Waals surface area (Å²) in [5.74, 6) is 1.19. The van der Waals surface area contributed by atoms with Crippen molar-refractivity contribution in [2.75, 3.05) is 6.61 Å². The standard InChI is InChI=1S/C13H19O2/c1-11(2)10-14-15-13(3,4)12-8-6-5-7-9-12/h5-9H,10H2,1-4H3. The number of hydrogen-bond donors (Lipinski definition) is 0. The van der Waals surface area contributed by atoms with Crippen molar-refractivity contribution in [1.82, 2.24) is 0 Å². The summed E-state index contributed by atoms with van der Waals surface area (Å²) >= 11 is 0. The van der Waals surface area contributed by atoms with E-state index in [1.807, 2.05) is 58.0 Å². The molecule has 0 amide bonds. The van der Waals surface area contributed by atoms with Gasteiger partial charge in [0.1, 0.15) is 5.60 Å². The average Bonchev–Trinajstić information content (AvgIpc) is 2.18. The van der Waals surface area contributed by atoms with E-state index >= 15 is 0 Å². The molecule has 0 aliphatic rings. The molecule has 0 atom stereocenters. The van der Waals surface area contributed by atoms with Gasteiger partial charge < -0.3 is 0 Å². The second kappa shape index (κ2) is 5.29. The summed E-state index contributed by atoms with van der Waals surface area (Å²) in [4.78, 5) is 10.6. The first-order chi connectivity index (χ1) is 7.02. The molecule has 0 aliphatic carbocycles. The number of benzene rings is 1. The molecule has 0 unspecified atom stereocenters. The number of hydrogen-bond acceptors (Lipinski definition) is 2. The van der Waals surface area contributed by atoms with E-state index in [0.29, 0.717) is 6.61 Å². The van der Waals surface area contributed by atoms with Gasteiger partial charge in [0.15, 0.2) is 0 Å². The Morgan fingerprint density at radius 1 is 1.13 bits per heavy atom. The van der Waals surface area contributed by atoms with E-state index in [-0.39, 0.29) is 0 Å². The molecule has 0 saturated heterocycles. The van der Waals surface area contributed by atoms with Gasteiger partial charge in [-0.2, -0.15) is 0 Å². The fraction of sp³-hybridized carbons (Fsp3) is 0.462. The first-order valence-corrected chi connectivity index (χ1v) is 5.17. The van der Waals surface area contributed by atoms with Crippen LogP contribution in [0, 0.1) is 5.92 Å². The van der Waals surface area contributed by atoms with E-state index in [1.165, 1.54) is 5.92 Å². The van der Waals surface area contributed by atoms with Gasteiger partial charge in [-0.05, 0) is 25.3 Å². The molecule has 0 spiro atoms. The minimum absolute atomic E-state index is 0.406. The van der Waals surface area contributed by atoms with Gasteiger partial charge in [-0.25, -0.2) is 9.78 Å². The van der Waals surface area contributed by atoms with Gasteiger partial charge in [-0.15, -0.1) is 0 Å². The Kier molecular flexibility index (Phi) is 4.30. The average molecular weight is 207 g/mol. The molecule has 2 nitrogen and oxygen atoms in total. The van der Waals surface area contributed by atoms with Crippen LogP contribution in [0.2, 0.25) is 0 Å². The van der Waals surface area contributed by atoms with E-state index in [9.17, 15) is 0 Å². The van der Waals surface area contributed by atoms with Crippen LogP contribution in [-0.4, -0.2) is 6.61 Å². The highest BCUT2D eigenvalue weighted by Crippen LogP contribution is 2.24. The fourth-order valence-corrected chi connectivity index (χ4v) is 1.18. The second-order valence-electron chi connectivity index (χ2n) is 4.43. The highest BCUT2D eigenvalue weighted by molar-refractivity contribution is 5.20. The molecule has 0 N–H and O–H groups in total. The summed E-state index contributed by atoms with van der Waals surface area (Å²) < 4.78 is 0. The zero-order chi connectivity index (χ0) is 11.3. The molecule has 0 bridgehead atoms. The Balaban J connectivity index is 2.52. The number of rotatable bonds is 5. The van der Waals surface area contributed by atoms with E-state index in [1.54, 1.807) is 0 Å². The van der Waals surface area contributed by atoms with Gasteiger partial charge in [0.05, 0.1) is 6.61 Å². The lowest BCUT2D eigenvalue weighted by Crippen LogP contribution is -2.22. The molecule has 0 aromatic heterocycles. The SMILES string of the molecule is C[C](C)COOC(C)(C)c1ccccc1. The highest BCUT2D eigenvalue weighted by atomic mass is 17.2. The van der Waals surface area contributed by atoms with Crippen LogP contribution in [0.25, 0.3) is 0 Å². The molecule has 0 heterocycles. The Labute approximate surface area is 92.1 Å². The highest BCUT2D eigenvalue weighted by Gasteiger charge is 2.22. The van der Waals surface area contributed by atoms with Gasteiger partial charge in [-0.1, -0.05) is 44.2 Å². The van der Waals surface area contributed by atoms with Crippen molar-refractivity contribution in [2.45, 2.75) is 33.3 Å². The first-order valence-electron chi connectivity index (χ1n) is 5.17. The van der Waals surface area contributed by atoms with Crippen LogP contribution in [0.1, 0.15) is 33.3 Å². The van der Waals surface area contributed by atoms with Crippen LogP contribution in [0.3, 0.4) is 0 Å². The lowest BCUT2D eigenvalue weighted by Gasteiger charge is -2.24. The fourth-order valence-electron chi connectivity index (χ4n) is 1.18. The van der Waals surface area contributed by atoms with Crippen molar-refractivity contribution < 1.29 is 9.78 Å². The third kappa shape index (κ3) is 4.02. The predicted octanol–water partition coefficient (Wildman–Crippen LogP) is 3.48. The van der Waals surface area contributed by atoms with Crippen molar-refractivity contribution in [1.29, 1.82) is 0 Å². The topological polar surface area (TPSA) is 18.5 Å². The van der Waals surface area contributed by atoms with E-state index in [4.69, 9.17) is 9.78 Å². The monoisotopic (exact) mass is 207 g/mol. The summed E-state index contributed by atoms with van der Waals surface area (Å²) in [5.41, 5.74) is 0.704. The van der Waals surface area contributed by atoms with E-state index < -0.39 is 5.60 Å². The molecule has 15 heavy (non-hydrogen) atoms. The van der Waals surface area contributed by atoms with Crippen LogP contribution < -0.4 is 0 Å². The zero-order valence-electron chi connectivity index (χ0n) is 9.91. The molecular weight excluding hydrogens is 188 g/mol. The molecule has 1 aromatic rings. The molecule has 0 aliphatic heterocycles. The molecule has 0 fully saturated rings. The van der Waals surface area contributed by atoms with Crippen molar-refractivity contribution in [3.63, 3.8) is 0 Å². The van der Waals surface area contributed by atoms with Crippen LogP contribution in [0.15, 0.2) is 30.3 Å². The van der Waals surface area contributed by atoms with Gasteiger partial charge in [0, 0.05) is 0 Å². The summed E-state index contributed by atoms with van der Waals surface area (Å²) in [6.07, 6.45) is 0. The Bertz CT molecular complexity index is 278. The minimum Gasteiger partial charge on any atom is -0.235 e. The van der Waals surface area contributed by atoms with Crippen molar-refractivity contribution in [3.05, 3.63) is 41.8 Å². The Morgan fingerprint density at radius 2 is 1.73 bits per heavy atom. The smallest absolute Gasteiger partial charge is 0.123 e. The van der Waals surface area contributed by atoms with Crippen molar-refractivity contribution >= 4 is 0 Å². The molecule has 1 aromatic carbocycles. The third-order valence-electron chi connectivity index (χ3n) is 2.08. The van der Waals surface area contributed by atoms with Crippen molar-refractivity contribution in [3.8, 4) is 0 Å². The maximum absolute atomic E-state index is 5.41. The first kappa shape index (κ1) is 12.2. The third-order valence-corrected chi connectivity index (χ3v) is 2.08. The molecule has 1 rings (SSSR count). The Hall–Kier alpha value is -0.860. The summed E-state index contributed by atoms with van der Waals surface area (Å²) in [6.45, 7) is 8.55. The summed E-state index contributed by atoms with van der Waals surface area (Å²) in [7, 11) is 0. The Morgan fingerprint density at radius 3 is 2.27 bits per heavy atom. The lowest BCUT2D eigenvalue weighted by atomic mass is 9.99. The summed E-state index contributed by atoms with van der Waals surface area (Å²) in [5, 5.41) is 0. The second-order valence-corrected chi connectivity index (χ2v) is 4.43. The van der Waals surface area contributed by atoms with Gasteiger partial charge in [0.2, 0.25) is 0 Å². The van der Waals surface area contributed by atoms with Crippen LogP contribution in [-0.2, 0) is 15.4 Å². The maximum atomic E-state index is 5.41. The molecule has 83 valence electrons. The lowest BCUT2D eigenvalue weighted by molar-refractivity contribution is -0.355. The predicted molar refractivity (Wildman–Crippen MR) is 61.1 cm³/mol. The van der Waals surface area contributed by atoms with Crippen LogP contribution in [0.5, 0.6) is 0 Å². The largest absolute Gasteiger partial charge is 0.235 e. The zero-order valence-corrected chi connectivity index (χ0v) is 9.91. The van der Waals surface area contributed by atoms with Gasteiger partial charge in [0.25, 0.3) is 0 Å². The molecule has 0 saturated carbocycles. The van der Waals surface area contributed by atoms with Crippen LogP contribution >= 0.6 is 0 Å². The molecule has 2 heteroatoms.